The van der Waals surface area contributed by atoms with E-state index in [1.165, 1.54) is 25.4 Å². The number of nitrogens with one attached hydrogen (secondary N) is 1. The molecule has 1 atom stereocenters. The number of carbonyl (C=O) groups is 1. The first kappa shape index (κ1) is 17.3. The summed E-state index contributed by atoms with van der Waals surface area (Å²) in [5.41, 5.74) is 0. The van der Waals surface area contributed by atoms with Gasteiger partial charge in [-0.25, -0.2) is 14.5 Å². The van der Waals surface area contributed by atoms with Crippen molar-refractivity contribution in [2.24, 2.45) is 0 Å². The van der Waals surface area contributed by atoms with Gasteiger partial charge in [0.15, 0.2) is 5.82 Å². The third-order valence-corrected chi connectivity index (χ3v) is 3.77. The number of halogens is 3. The Morgan fingerprint density at radius 1 is 1.52 bits per heavy atom. The second-order valence-electron chi connectivity index (χ2n) is 4.77. The highest BCUT2D eigenvalue weighted by molar-refractivity contribution is 7.09. The van der Waals surface area contributed by atoms with Gasteiger partial charge in [-0.1, -0.05) is 6.07 Å². The molecule has 1 amide bonds. The standard InChI is InChI=1S/C13H15F3N4O2S/c1-8(17-12(21)22-2)11-18-10(6-9-4-3-5-23-9)19-20(11)7-13(14,15)16/h3-5,8H,6-7H2,1-2H3,(H,17,21)/t8-/m0/s1. The number of hydrogen-bond acceptors (Lipinski definition) is 5. The van der Waals surface area contributed by atoms with Crippen molar-refractivity contribution in [3.63, 3.8) is 0 Å². The Bertz CT molecular complexity index is 655. The van der Waals surface area contributed by atoms with Gasteiger partial charge in [-0.15, -0.1) is 11.3 Å². The first-order valence-electron chi connectivity index (χ1n) is 6.65. The number of hydrogen-bond donors (Lipinski definition) is 1. The fraction of sp³-hybridized carbons (Fsp3) is 0.462. The summed E-state index contributed by atoms with van der Waals surface area (Å²) in [6, 6.07) is 2.93. The number of carbonyl (C=O) groups excluding carboxylic acids is 1. The lowest BCUT2D eigenvalue weighted by Crippen LogP contribution is -2.30. The minimum absolute atomic E-state index is 0.0271. The number of nitrogens with zero attached hydrogens (tertiary/aromatic N) is 3. The van der Waals surface area contributed by atoms with Crippen LogP contribution in [0.3, 0.4) is 0 Å². The van der Waals surface area contributed by atoms with Crippen molar-refractivity contribution < 1.29 is 22.7 Å². The van der Waals surface area contributed by atoms with E-state index in [0.29, 0.717) is 6.42 Å². The van der Waals surface area contributed by atoms with E-state index in [0.717, 1.165) is 9.56 Å². The van der Waals surface area contributed by atoms with Gasteiger partial charge in [-0.3, -0.25) is 0 Å². The largest absolute Gasteiger partial charge is 0.453 e. The normalized spacial score (nSPS) is 12.9. The minimum Gasteiger partial charge on any atom is -0.453 e. The van der Waals surface area contributed by atoms with E-state index in [1.54, 1.807) is 0 Å². The number of ether oxygens (including phenoxy) is 1. The highest BCUT2D eigenvalue weighted by atomic mass is 32.1. The highest BCUT2D eigenvalue weighted by Crippen LogP contribution is 2.21. The van der Waals surface area contributed by atoms with Gasteiger partial charge in [0.2, 0.25) is 0 Å². The third kappa shape index (κ3) is 4.95. The highest BCUT2D eigenvalue weighted by Gasteiger charge is 2.31. The van der Waals surface area contributed by atoms with E-state index in [9.17, 15) is 18.0 Å². The maximum Gasteiger partial charge on any atom is 0.408 e. The Kier molecular flexibility index (Phi) is 5.24. The predicted molar refractivity (Wildman–Crippen MR) is 77.2 cm³/mol. The molecule has 0 aliphatic heterocycles. The van der Waals surface area contributed by atoms with E-state index < -0.39 is 24.9 Å². The second-order valence-corrected chi connectivity index (χ2v) is 5.81. The van der Waals surface area contributed by atoms with Crippen LogP contribution >= 0.6 is 11.3 Å². The first-order valence-corrected chi connectivity index (χ1v) is 7.53. The summed E-state index contributed by atoms with van der Waals surface area (Å²) in [5, 5.41) is 8.19. The van der Waals surface area contributed by atoms with Crippen molar-refractivity contribution in [1.82, 2.24) is 20.1 Å². The number of alkyl carbamates (subject to hydrolysis) is 1. The summed E-state index contributed by atoms with van der Waals surface area (Å²) in [6.45, 7) is 0.246. The molecule has 126 valence electrons. The van der Waals surface area contributed by atoms with Crippen LogP contribution in [0.25, 0.3) is 0 Å². The molecule has 0 saturated heterocycles. The summed E-state index contributed by atoms with van der Waals surface area (Å²) in [7, 11) is 1.17. The number of aromatic nitrogens is 3. The van der Waals surface area contributed by atoms with E-state index >= 15 is 0 Å². The van der Waals surface area contributed by atoms with Crippen molar-refractivity contribution in [3.05, 3.63) is 34.0 Å². The Balaban J connectivity index is 2.25. The molecule has 6 nitrogen and oxygen atoms in total. The zero-order chi connectivity index (χ0) is 17.0. The van der Waals surface area contributed by atoms with E-state index in [-0.39, 0.29) is 11.6 Å². The third-order valence-electron chi connectivity index (χ3n) is 2.89. The molecule has 2 aromatic rings. The molecular formula is C13H15F3N4O2S. The summed E-state index contributed by atoms with van der Waals surface area (Å²) in [4.78, 5) is 16.3. The zero-order valence-electron chi connectivity index (χ0n) is 12.4. The second kappa shape index (κ2) is 6.99. The van der Waals surface area contributed by atoms with Gasteiger partial charge >= 0.3 is 12.3 Å². The molecule has 0 radical (unpaired) electrons. The van der Waals surface area contributed by atoms with Crippen LogP contribution in [-0.2, 0) is 17.7 Å². The molecule has 2 aromatic heterocycles. The molecule has 0 fully saturated rings. The molecule has 2 heterocycles. The maximum absolute atomic E-state index is 12.7. The van der Waals surface area contributed by atoms with Crippen LogP contribution < -0.4 is 5.32 Å². The van der Waals surface area contributed by atoms with Gasteiger partial charge < -0.3 is 10.1 Å². The fourth-order valence-electron chi connectivity index (χ4n) is 1.95. The van der Waals surface area contributed by atoms with Gasteiger partial charge in [0.05, 0.1) is 13.2 Å². The minimum atomic E-state index is -4.44. The quantitative estimate of drug-likeness (QED) is 0.902. The number of alkyl halides is 3. The van der Waals surface area contributed by atoms with Crippen LogP contribution in [0.2, 0.25) is 0 Å². The summed E-state index contributed by atoms with van der Waals surface area (Å²) in [5.74, 6) is 0.296. The van der Waals surface area contributed by atoms with Crippen molar-refractivity contribution in [2.45, 2.75) is 32.1 Å². The van der Waals surface area contributed by atoms with E-state index in [4.69, 9.17) is 0 Å². The van der Waals surface area contributed by atoms with Crippen LogP contribution in [0.15, 0.2) is 17.5 Å². The predicted octanol–water partition coefficient (Wildman–Crippen LogP) is 2.91. The molecular weight excluding hydrogens is 333 g/mol. The van der Waals surface area contributed by atoms with Crippen LogP contribution in [0.4, 0.5) is 18.0 Å². The van der Waals surface area contributed by atoms with Crippen molar-refractivity contribution in [2.75, 3.05) is 7.11 Å². The average molecular weight is 348 g/mol. The van der Waals surface area contributed by atoms with Crippen molar-refractivity contribution in [1.29, 1.82) is 0 Å². The Hall–Kier alpha value is -2.10. The molecule has 0 aliphatic rings. The molecule has 0 aromatic carbocycles. The van der Waals surface area contributed by atoms with Crippen LogP contribution in [0, 0.1) is 0 Å². The lowest BCUT2D eigenvalue weighted by molar-refractivity contribution is -0.143. The summed E-state index contributed by atoms with van der Waals surface area (Å²) < 4.78 is 43.3. The van der Waals surface area contributed by atoms with Crippen LogP contribution in [-0.4, -0.2) is 34.1 Å². The van der Waals surface area contributed by atoms with E-state index in [1.807, 2.05) is 17.5 Å². The number of rotatable bonds is 5. The molecule has 0 spiro atoms. The number of methoxy groups -OCH3 is 1. The first-order chi connectivity index (χ1) is 10.8. The number of amides is 1. The summed E-state index contributed by atoms with van der Waals surface area (Å²) >= 11 is 1.47. The fourth-order valence-corrected chi connectivity index (χ4v) is 2.66. The average Bonchev–Trinajstić information content (AvgIpc) is 3.07. The maximum atomic E-state index is 12.7. The SMILES string of the molecule is COC(=O)N[C@@H](C)c1nc(Cc2cccs2)nn1CC(F)(F)F. The molecule has 0 saturated carbocycles. The van der Waals surface area contributed by atoms with E-state index in [2.05, 4.69) is 20.1 Å². The Morgan fingerprint density at radius 2 is 2.26 bits per heavy atom. The Morgan fingerprint density at radius 3 is 2.83 bits per heavy atom. The topological polar surface area (TPSA) is 69.0 Å². The molecule has 2 rings (SSSR count). The number of thiophene rings is 1. The van der Waals surface area contributed by atoms with Gasteiger partial charge in [0.1, 0.15) is 12.4 Å². The van der Waals surface area contributed by atoms with Crippen LogP contribution in [0.1, 0.15) is 29.5 Å². The van der Waals surface area contributed by atoms with Gasteiger partial charge in [0, 0.05) is 11.3 Å². The van der Waals surface area contributed by atoms with Gasteiger partial charge in [-0.2, -0.15) is 18.3 Å². The smallest absolute Gasteiger partial charge is 0.408 e. The molecule has 0 unspecified atom stereocenters. The summed E-state index contributed by atoms with van der Waals surface area (Å²) in [6.07, 6.45) is -4.85. The monoisotopic (exact) mass is 348 g/mol. The van der Waals surface area contributed by atoms with Gasteiger partial charge in [0.25, 0.3) is 0 Å². The lowest BCUT2D eigenvalue weighted by atomic mass is 10.3. The molecule has 0 aliphatic carbocycles. The molecule has 0 bridgehead atoms. The zero-order valence-corrected chi connectivity index (χ0v) is 13.2. The lowest BCUT2D eigenvalue weighted by Gasteiger charge is -2.14. The van der Waals surface area contributed by atoms with Crippen molar-refractivity contribution >= 4 is 17.4 Å². The molecule has 23 heavy (non-hydrogen) atoms. The van der Waals surface area contributed by atoms with Crippen LogP contribution in [0.5, 0.6) is 0 Å². The molecule has 10 heteroatoms. The molecule has 1 N–H and O–H groups in total. The van der Waals surface area contributed by atoms with Gasteiger partial charge in [-0.05, 0) is 18.4 Å². The Labute approximate surface area is 134 Å². The van der Waals surface area contributed by atoms with Crippen molar-refractivity contribution in [3.8, 4) is 0 Å².